The fraction of sp³-hybridized carbons (Fsp3) is 0. The third-order valence-electron chi connectivity index (χ3n) is 1.34. The van der Waals surface area contributed by atoms with Crippen molar-refractivity contribution >= 4 is 17.9 Å². The largest absolute Gasteiger partial charge is 0.285 e. The number of hydrogen-bond acceptors (Lipinski definition) is 2. The SMILES string of the molecule is O=C1[N]Sc2ccccc21. The van der Waals surface area contributed by atoms with E-state index >= 15 is 0 Å². The number of carbonyl (C=O) groups excluding carboxylic acids is 1. The third-order valence-corrected chi connectivity index (χ3v) is 2.15. The first-order valence-electron chi connectivity index (χ1n) is 2.89. The van der Waals surface area contributed by atoms with Crippen LogP contribution < -0.4 is 4.72 Å². The number of hydrogen-bond donors (Lipinski definition) is 0. The Morgan fingerprint density at radius 1 is 1.30 bits per heavy atom. The Labute approximate surface area is 62.8 Å². The van der Waals surface area contributed by atoms with Gasteiger partial charge in [-0.15, -0.1) is 0 Å². The van der Waals surface area contributed by atoms with Crippen LogP contribution in [0.4, 0.5) is 0 Å². The number of rotatable bonds is 0. The highest BCUT2D eigenvalue weighted by atomic mass is 32.2. The van der Waals surface area contributed by atoms with Crippen molar-refractivity contribution in [3.05, 3.63) is 29.8 Å². The van der Waals surface area contributed by atoms with E-state index in [0.29, 0.717) is 0 Å². The van der Waals surface area contributed by atoms with Crippen molar-refractivity contribution in [1.82, 2.24) is 4.72 Å². The van der Waals surface area contributed by atoms with E-state index in [1.54, 1.807) is 6.07 Å². The summed E-state index contributed by atoms with van der Waals surface area (Å²) in [6.45, 7) is 0. The lowest BCUT2D eigenvalue weighted by Crippen LogP contribution is -1.99. The first-order chi connectivity index (χ1) is 4.88. The molecule has 0 saturated heterocycles. The Hall–Kier alpha value is -0.960. The number of fused-ring (bicyclic) bond motifs is 1. The molecule has 0 unspecified atom stereocenters. The van der Waals surface area contributed by atoms with Gasteiger partial charge in [-0.05, 0) is 12.1 Å². The molecular formula is C7H4NOS. The first-order valence-corrected chi connectivity index (χ1v) is 3.67. The third kappa shape index (κ3) is 0.708. The molecule has 1 aromatic rings. The number of benzene rings is 1. The topological polar surface area (TPSA) is 31.2 Å². The molecule has 1 amide bonds. The summed E-state index contributed by atoms with van der Waals surface area (Å²) in [5.41, 5.74) is 0.729. The average molecular weight is 150 g/mol. The van der Waals surface area contributed by atoms with Crippen LogP contribution in [0.3, 0.4) is 0 Å². The van der Waals surface area contributed by atoms with Gasteiger partial charge in [0.05, 0.1) is 5.56 Å². The van der Waals surface area contributed by atoms with E-state index in [2.05, 4.69) is 4.72 Å². The number of amides is 1. The molecule has 0 aliphatic carbocycles. The van der Waals surface area contributed by atoms with Gasteiger partial charge in [0.25, 0.3) is 5.91 Å². The quantitative estimate of drug-likeness (QED) is 0.524. The van der Waals surface area contributed by atoms with Gasteiger partial charge in [-0.2, -0.15) is 4.72 Å². The highest BCUT2D eigenvalue weighted by Gasteiger charge is 2.20. The van der Waals surface area contributed by atoms with Gasteiger partial charge in [0.1, 0.15) is 0 Å². The smallest absolute Gasteiger partial charge is 0.266 e. The summed E-state index contributed by atoms with van der Waals surface area (Å²) in [5.74, 6) is -0.111. The standard InChI is InChI=1S/C7H4NOS/c9-7-5-3-1-2-4-6(5)10-8-7/h1-4H. The molecule has 49 valence electrons. The van der Waals surface area contributed by atoms with Crippen LogP contribution in [0.2, 0.25) is 0 Å². The molecule has 1 aromatic carbocycles. The van der Waals surface area contributed by atoms with E-state index < -0.39 is 0 Å². The fourth-order valence-corrected chi connectivity index (χ4v) is 1.54. The van der Waals surface area contributed by atoms with E-state index in [0.717, 1.165) is 10.5 Å². The van der Waals surface area contributed by atoms with Gasteiger partial charge in [-0.1, -0.05) is 12.1 Å². The van der Waals surface area contributed by atoms with Crippen LogP contribution in [0.25, 0.3) is 0 Å². The molecule has 0 fully saturated rings. The lowest BCUT2D eigenvalue weighted by atomic mass is 10.2. The molecule has 1 aliphatic rings. The molecular weight excluding hydrogens is 146 g/mol. The molecule has 2 nitrogen and oxygen atoms in total. The lowest BCUT2D eigenvalue weighted by molar-refractivity contribution is 0.0984. The molecule has 1 heterocycles. The first kappa shape index (κ1) is 5.80. The Bertz CT molecular complexity index is 285. The van der Waals surface area contributed by atoms with Crippen molar-refractivity contribution in [2.45, 2.75) is 4.90 Å². The van der Waals surface area contributed by atoms with Gasteiger partial charge in [0, 0.05) is 16.8 Å². The zero-order valence-electron chi connectivity index (χ0n) is 5.07. The molecule has 0 atom stereocenters. The summed E-state index contributed by atoms with van der Waals surface area (Å²) in [6, 6.07) is 7.44. The minimum Gasteiger partial charge on any atom is -0.266 e. The second kappa shape index (κ2) is 2.02. The van der Waals surface area contributed by atoms with Gasteiger partial charge >= 0.3 is 0 Å². The van der Waals surface area contributed by atoms with Crippen molar-refractivity contribution in [3.63, 3.8) is 0 Å². The van der Waals surface area contributed by atoms with Crippen molar-refractivity contribution < 1.29 is 4.79 Å². The molecule has 3 heteroatoms. The summed E-state index contributed by atoms with van der Waals surface area (Å²) in [7, 11) is 0. The molecule has 0 aromatic heterocycles. The van der Waals surface area contributed by atoms with Gasteiger partial charge in [-0.25, -0.2) is 0 Å². The highest BCUT2D eigenvalue weighted by molar-refractivity contribution is 7.98. The highest BCUT2D eigenvalue weighted by Crippen LogP contribution is 2.27. The molecule has 2 rings (SSSR count). The van der Waals surface area contributed by atoms with E-state index in [4.69, 9.17) is 0 Å². The normalized spacial score (nSPS) is 14.6. The molecule has 1 aliphatic heterocycles. The van der Waals surface area contributed by atoms with E-state index in [9.17, 15) is 4.79 Å². The number of carbonyl (C=O) groups is 1. The molecule has 0 N–H and O–H groups in total. The zero-order valence-corrected chi connectivity index (χ0v) is 5.89. The van der Waals surface area contributed by atoms with Crippen LogP contribution >= 0.6 is 11.9 Å². The predicted octanol–water partition coefficient (Wildman–Crippen LogP) is 1.45. The van der Waals surface area contributed by atoms with Crippen LogP contribution in [-0.4, -0.2) is 5.91 Å². The van der Waals surface area contributed by atoms with Crippen molar-refractivity contribution in [1.29, 1.82) is 0 Å². The molecule has 0 bridgehead atoms. The summed E-state index contributed by atoms with van der Waals surface area (Å²) >= 11 is 1.25. The molecule has 0 spiro atoms. The fourth-order valence-electron chi connectivity index (χ4n) is 0.863. The minimum atomic E-state index is -0.111. The van der Waals surface area contributed by atoms with Crippen LogP contribution in [0.1, 0.15) is 10.4 Å². The van der Waals surface area contributed by atoms with Crippen LogP contribution in [0.15, 0.2) is 29.2 Å². The average Bonchev–Trinajstić information content (AvgIpc) is 2.34. The maximum absolute atomic E-state index is 10.9. The summed E-state index contributed by atoms with van der Waals surface area (Å²) in [4.78, 5) is 11.8. The van der Waals surface area contributed by atoms with Crippen molar-refractivity contribution in [3.8, 4) is 0 Å². The maximum Gasteiger partial charge on any atom is 0.285 e. The Morgan fingerprint density at radius 2 is 2.10 bits per heavy atom. The second-order valence-electron chi connectivity index (χ2n) is 1.98. The summed E-state index contributed by atoms with van der Waals surface area (Å²) < 4.78 is 3.68. The summed E-state index contributed by atoms with van der Waals surface area (Å²) in [5, 5.41) is 0. The van der Waals surface area contributed by atoms with Gasteiger partial charge in [-0.3, -0.25) is 4.79 Å². The summed E-state index contributed by atoms with van der Waals surface area (Å²) in [6.07, 6.45) is 0. The molecule has 10 heavy (non-hydrogen) atoms. The minimum absolute atomic E-state index is 0.111. The van der Waals surface area contributed by atoms with Crippen LogP contribution in [0.5, 0.6) is 0 Å². The van der Waals surface area contributed by atoms with Crippen LogP contribution in [-0.2, 0) is 0 Å². The zero-order chi connectivity index (χ0) is 6.97. The van der Waals surface area contributed by atoms with E-state index in [1.165, 1.54) is 11.9 Å². The van der Waals surface area contributed by atoms with Crippen molar-refractivity contribution in [2.75, 3.05) is 0 Å². The Morgan fingerprint density at radius 3 is 2.90 bits per heavy atom. The molecule has 0 saturated carbocycles. The van der Waals surface area contributed by atoms with Gasteiger partial charge in [0.15, 0.2) is 0 Å². The lowest BCUT2D eigenvalue weighted by Gasteiger charge is -1.87. The van der Waals surface area contributed by atoms with Crippen molar-refractivity contribution in [2.24, 2.45) is 0 Å². The van der Waals surface area contributed by atoms with E-state index in [-0.39, 0.29) is 5.91 Å². The Kier molecular flexibility index (Phi) is 1.17. The van der Waals surface area contributed by atoms with E-state index in [1.807, 2.05) is 18.2 Å². The van der Waals surface area contributed by atoms with Gasteiger partial charge < -0.3 is 0 Å². The second-order valence-corrected chi connectivity index (χ2v) is 2.79. The van der Waals surface area contributed by atoms with Crippen LogP contribution in [0, 0.1) is 0 Å². The molecule has 1 radical (unpaired) electrons. The predicted molar refractivity (Wildman–Crippen MR) is 38.8 cm³/mol. The monoisotopic (exact) mass is 150 g/mol. The number of nitrogens with zero attached hydrogens (tertiary/aromatic N) is 1. The maximum atomic E-state index is 10.9. The Balaban J connectivity index is 2.61. The van der Waals surface area contributed by atoms with Gasteiger partial charge in [0.2, 0.25) is 0 Å².